The Balaban J connectivity index is 1.73. The number of hydrogen-bond acceptors (Lipinski definition) is 5. The van der Waals surface area contributed by atoms with Crippen molar-refractivity contribution in [3.8, 4) is 0 Å². The summed E-state index contributed by atoms with van der Waals surface area (Å²) in [7, 11) is 1.91. The van der Waals surface area contributed by atoms with Crippen molar-refractivity contribution < 1.29 is 0 Å². The molecular formula is C13H17N5S. The van der Waals surface area contributed by atoms with Crippen molar-refractivity contribution in [2.24, 2.45) is 12.9 Å². The monoisotopic (exact) mass is 275 g/mol. The lowest BCUT2D eigenvalue weighted by Gasteiger charge is -2.21. The summed E-state index contributed by atoms with van der Waals surface area (Å²) in [6.45, 7) is 0. The summed E-state index contributed by atoms with van der Waals surface area (Å²) in [6, 6.07) is 8.74. The Kier molecular flexibility index (Phi) is 3.54. The van der Waals surface area contributed by atoms with Crippen molar-refractivity contribution in [2.45, 2.75) is 29.0 Å². The van der Waals surface area contributed by atoms with Gasteiger partial charge in [0, 0.05) is 29.7 Å². The number of rotatable bonds is 4. The number of hydrogen-bond donors (Lipinski definition) is 2. The molecule has 100 valence electrons. The standard InChI is InChI=1S/C13H17N5S/c1-18-13(15-8-16-18)7-10(17-14)12-6-9-4-2-3-5-11(9)19-12/h2-5,8,10,12,17H,6-7,14H2,1H3. The fourth-order valence-electron chi connectivity index (χ4n) is 2.43. The van der Waals surface area contributed by atoms with Crippen LogP contribution < -0.4 is 11.3 Å². The van der Waals surface area contributed by atoms with Crippen LogP contribution in [0, 0.1) is 0 Å². The van der Waals surface area contributed by atoms with Gasteiger partial charge in [-0.15, -0.1) is 11.8 Å². The molecule has 2 unspecified atom stereocenters. The Labute approximate surface area is 116 Å². The van der Waals surface area contributed by atoms with E-state index in [1.54, 1.807) is 11.0 Å². The summed E-state index contributed by atoms with van der Waals surface area (Å²) in [6.07, 6.45) is 3.42. The normalized spacial score (nSPS) is 19.4. The van der Waals surface area contributed by atoms with Crippen molar-refractivity contribution in [3.05, 3.63) is 42.0 Å². The Morgan fingerprint density at radius 2 is 2.37 bits per heavy atom. The fourth-order valence-corrected chi connectivity index (χ4v) is 3.82. The molecule has 1 aromatic heterocycles. The number of nitrogens with two attached hydrogens (primary N) is 1. The lowest BCUT2D eigenvalue weighted by atomic mass is 10.0. The molecule has 3 N–H and O–H groups in total. The number of hydrazine groups is 1. The topological polar surface area (TPSA) is 68.8 Å². The van der Waals surface area contributed by atoms with Gasteiger partial charge in [-0.1, -0.05) is 18.2 Å². The molecule has 0 saturated heterocycles. The quantitative estimate of drug-likeness (QED) is 0.641. The van der Waals surface area contributed by atoms with Gasteiger partial charge < -0.3 is 0 Å². The van der Waals surface area contributed by atoms with Gasteiger partial charge in [0.25, 0.3) is 0 Å². The highest BCUT2D eigenvalue weighted by Crippen LogP contribution is 2.38. The highest BCUT2D eigenvalue weighted by molar-refractivity contribution is 8.00. The maximum atomic E-state index is 5.73. The molecule has 1 aliphatic rings. The van der Waals surface area contributed by atoms with E-state index in [-0.39, 0.29) is 6.04 Å². The van der Waals surface area contributed by atoms with Gasteiger partial charge in [0.1, 0.15) is 12.2 Å². The third kappa shape index (κ3) is 2.51. The first-order chi connectivity index (χ1) is 9.28. The molecule has 1 aromatic carbocycles. The maximum absolute atomic E-state index is 5.73. The minimum atomic E-state index is 0.195. The van der Waals surface area contributed by atoms with E-state index in [1.165, 1.54) is 10.5 Å². The van der Waals surface area contributed by atoms with Gasteiger partial charge in [-0.3, -0.25) is 16.0 Å². The van der Waals surface area contributed by atoms with Crippen LogP contribution >= 0.6 is 11.8 Å². The minimum absolute atomic E-state index is 0.195. The van der Waals surface area contributed by atoms with Gasteiger partial charge in [-0.2, -0.15) is 5.10 Å². The van der Waals surface area contributed by atoms with E-state index in [1.807, 2.05) is 18.8 Å². The van der Waals surface area contributed by atoms with Crippen LogP contribution in [0.3, 0.4) is 0 Å². The van der Waals surface area contributed by atoms with E-state index in [0.29, 0.717) is 5.25 Å². The summed E-state index contributed by atoms with van der Waals surface area (Å²) in [5.74, 6) is 6.69. The Morgan fingerprint density at radius 1 is 1.53 bits per heavy atom. The van der Waals surface area contributed by atoms with E-state index < -0.39 is 0 Å². The fraction of sp³-hybridized carbons (Fsp3) is 0.385. The maximum Gasteiger partial charge on any atom is 0.138 e. The number of aryl methyl sites for hydroxylation is 1. The van der Waals surface area contributed by atoms with Crippen LogP contribution in [0.1, 0.15) is 11.4 Å². The van der Waals surface area contributed by atoms with E-state index in [9.17, 15) is 0 Å². The number of nitrogens with zero attached hydrogens (tertiary/aromatic N) is 3. The molecular weight excluding hydrogens is 258 g/mol. The lowest BCUT2D eigenvalue weighted by Crippen LogP contribution is -2.44. The molecule has 5 nitrogen and oxygen atoms in total. The molecule has 0 radical (unpaired) electrons. The van der Waals surface area contributed by atoms with Crippen LogP contribution in [0.25, 0.3) is 0 Å². The molecule has 2 atom stereocenters. The van der Waals surface area contributed by atoms with Crippen LogP contribution in [-0.2, 0) is 19.9 Å². The first-order valence-corrected chi connectivity index (χ1v) is 7.19. The van der Waals surface area contributed by atoms with Gasteiger partial charge in [0.15, 0.2) is 0 Å². The smallest absolute Gasteiger partial charge is 0.138 e. The SMILES string of the molecule is Cn1ncnc1CC(NN)C1Cc2ccccc2S1. The van der Waals surface area contributed by atoms with E-state index in [2.05, 4.69) is 39.8 Å². The molecule has 1 aliphatic heterocycles. The predicted octanol–water partition coefficient (Wildman–Crippen LogP) is 0.907. The molecule has 2 heterocycles. The zero-order valence-corrected chi connectivity index (χ0v) is 11.6. The van der Waals surface area contributed by atoms with Crippen LogP contribution in [0.4, 0.5) is 0 Å². The average Bonchev–Trinajstić information content (AvgIpc) is 3.02. The van der Waals surface area contributed by atoms with Crippen molar-refractivity contribution in [2.75, 3.05) is 0 Å². The molecule has 6 heteroatoms. The molecule has 3 rings (SSSR count). The van der Waals surface area contributed by atoms with Crippen LogP contribution in [0.5, 0.6) is 0 Å². The third-order valence-corrected chi connectivity index (χ3v) is 4.99. The van der Waals surface area contributed by atoms with Crippen molar-refractivity contribution in [1.82, 2.24) is 20.2 Å². The second kappa shape index (κ2) is 5.32. The van der Waals surface area contributed by atoms with E-state index >= 15 is 0 Å². The second-order valence-corrected chi connectivity index (χ2v) is 6.03. The molecule has 2 aromatic rings. The molecule has 0 saturated carbocycles. The number of nitrogens with one attached hydrogen (secondary N) is 1. The van der Waals surface area contributed by atoms with Crippen molar-refractivity contribution in [3.63, 3.8) is 0 Å². The molecule has 0 bridgehead atoms. The van der Waals surface area contributed by atoms with Crippen molar-refractivity contribution in [1.29, 1.82) is 0 Å². The van der Waals surface area contributed by atoms with Gasteiger partial charge in [0.05, 0.1) is 0 Å². The average molecular weight is 275 g/mol. The summed E-state index contributed by atoms with van der Waals surface area (Å²) in [4.78, 5) is 5.64. The predicted molar refractivity (Wildman–Crippen MR) is 75.6 cm³/mol. The lowest BCUT2D eigenvalue weighted by molar-refractivity contribution is 0.486. The highest BCUT2D eigenvalue weighted by atomic mass is 32.2. The third-order valence-electron chi connectivity index (χ3n) is 3.54. The summed E-state index contributed by atoms with van der Waals surface area (Å²) < 4.78 is 1.80. The molecule has 0 amide bonds. The van der Waals surface area contributed by atoms with E-state index in [0.717, 1.165) is 18.7 Å². The van der Waals surface area contributed by atoms with Gasteiger partial charge in [0.2, 0.25) is 0 Å². The van der Waals surface area contributed by atoms with Crippen molar-refractivity contribution >= 4 is 11.8 Å². The Morgan fingerprint density at radius 3 is 3.05 bits per heavy atom. The second-order valence-electron chi connectivity index (χ2n) is 4.75. The Hall–Kier alpha value is -1.37. The van der Waals surface area contributed by atoms with Crippen LogP contribution in [0.15, 0.2) is 35.5 Å². The van der Waals surface area contributed by atoms with Gasteiger partial charge in [-0.25, -0.2) is 4.98 Å². The molecule has 19 heavy (non-hydrogen) atoms. The minimum Gasteiger partial charge on any atom is -0.271 e. The van der Waals surface area contributed by atoms with Gasteiger partial charge >= 0.3 is 0 Å². The number of benzene rings is 1. The number of thioether (sulfide) groups is 1. The highest BCUT2D eigenvalue weighted by Gasteiger charge is 2.29. The number of fused-ring (bicyclic) bond motifs is 1. The van der Waals surface area contributed by atoms with Crippen LogP contribution in [0.2, 0.25) is 0 Å². The summed E-state index contributed by atoms with van der Waals surface area (Å²) >= 11 is 1.90. The molecule has 0 fully saturated rings. The number of aromatic nitrogens is 3. The first-order valence-electron chi connectivity index (χ1n) is 6.31. The summed E-state index contributed by atoms with van der Waals surface area (Å²) in [5.41, 5.74) is 4.36. The van der Waals surface area contributed by atoms with Crippen LogP contribution in [-0.4, -0.2) is 26.1 Å². The largest absolute Gasteiger partial charge is 0.271 e. The zero-order valence-electron chi connectivity index (χ0n) is 10.8. The summed E-state index contributed by atoms with van der Waals surface area (Å²) in [5, 5.41) is 4.54. The van der Waals surface area contributed by atoms with E-state index in [4.69, 9.17) is 5.84 Å². The molecule has 0 spiro atoms. The zero-order chi connectivity index (χ0) is 13.2. The Bertz CT molecular complexity index is 543. The first kappa shape index (κ1) is 12.7. The van der Waals surface area contributed by atoms with Gasteiger partial charge in [-0.05, 0) is 18.1 Å². The molecule has 0 aliphatic carbocycles.